The number of carbonyl (C=O) groups excluding carboxylic acids is 2. The van der Waals surface area contributed by atoms with Crippen LogP contribution >= 0.6 is 11.8 Å². The van der Waals surface area contributed by atoms with Crippen molar-refractivity contribution < 1.29 is 23.5 Å². The van der Waals surface area contributed by atoms with E-state index < -0.39 is 11.4 Å². The van der Waals surface area contributed by atoms with Crippen LogP contribution in [-0.4, -0.2) is 52.7 Å². The average Bonchev–Trinajstić information content (AvgIpc) is 3.07. The molecule has 0 radical (unpaired) electrons. The van der Waals surface area contributed by atoms with Gasteiger partial charge in [-0.2, -0.15) is 0 Å². The normalized spacial score (nSPS) is 17.0. The number of benzene rings is 1. The number of carbonyl (C=O) groups is 2. The SMILES string of the molecule is CC(=O)[C@H](Sc1nnc([C@@H]2COc3ccccc3O2)o1)C(=O)N(C)C. The average molecular weight is 363 g/mol. The van der Waals surface area contributed by atoms with Crippen molar-refractivity contribution in [1.82, 2.24) is 15.1 Å². The van der Waals surface area contributed by atoms with Crippen LogP contribution in [0.15, 0.2) is 33.9 Å². The molecule has 1 amide bonds. The summed E-state index contributed by atoms with van der Waals surface area (Å²) in [5.41, 5.74) is 0. The molecule has 0 fully saturated rings. The van der Waals surface area contributed by atoms with Gasteiger partial charge in [-0.1, -0.05) is 12.1 Å². The number of hydrogen-bond acceptors (Lipinski definition) is 8. The highest BCUT2D eigenvalue weighted by molar-refractivity contribution is 8.01. The number of ketones is 1. The van der Waals surface area contributed by atoms with Crippen LogP contribution in [0.4, 0.5) is 0 Å². The molecule has 1 aromatic carbocycles. The Bertz CT molecular complexity index is 792. The molecule has 1 aliphatic rings. The van der Waals surface area contributed by atoms with Gasteiger partial charge >= 0.3 is 0 Å². The highest BCUT2D eigenvalue weighted by atomic mass is 32.2. The number of para-hydroxylation sites is 2. The third-order valence-electron chi connectivity index (χ3n) is 3.46. The molecule has 132 valence electrons. The number of rotatable bonds is 5. The maximum Gasteiger partial charge on any atom is 0.277 e. The van der Waals surface area contributed by atoms with Gasteiger partial charge in [-0.3, -0.25) is 9.59 Å². The molecule has 0 bridgehead atoms. The number of thioether (sulfide) groups is 1. The zero-order chi connectivity index (χ0) is 18.0. The second-order valence-electron chi connectivity index (χ2n) is 5.61. The highest BCUT2D eigenvalue weighted by Crippen LogP contribution is 2.36. The Morgan fingerprint density at radius 1 is 1.24 bits per heavy atom. The molecule has 25 heavy (non-hydrogen) atoms. The van der Waals surface area contributed by atoms with Crippen LogP contribution in [0.1, 0.15) is 18.9 Å². The van der Waals surface area contributed by atoms with E-state index in [0.717, 1.165) is 11.8 Å². The third-order valence-corrected chi connectivity index (χ3v) is 4.59. The van der Waals surface area contributed by atoms with Crippen molar-refractivity contribution in [3.05, 3.63) is 30.2 Å². The topological polar surface area (TPSA) is 94.8 Å². The molecule has 2 atom stereocenters. The number of aromatic nitrogens is 2. The van der Waals surface area contributed by atoms with Crippen molar-refractivity contribution in [3.63, 3.8) is 0 Å². The van der Waals surface area contributed by atoms with Gasteiger partial charge in [-0.25, -0.2) is 0 Å². The van der Waals surface area contributed by atoms with Crippen LogP contribution < -0.4 is 9.47 Å². The molecule has 0 spiro atoms. The number of fused-ring (bicyclic) bond motifs is 1. The quantitative estimate of drug-likeness (QED) is 0.585. The molecule has 2 heterocycles. The lowest BCUT2D eigenvalue weighted by atomic mass is 10.2. The standard InChI is InChI=1S/C16H17N3O5S/c1-9(20)13(15(21)19(2)3)25-16-18-17-14(24-16)12-8-22-10-6-4-5-7-11(10)23-12/h4-7,12-13H,8H2,1-3H3/t12-,13-/m0/s1. The second kappa shape index (κ2) is 7.14. The Morgan fingerprint density at radius 3 is 2.64 bits per heavy atom. The van der Waals surface area contributed by atoms with Gasteiger partial charge < -0.3 is 18.8 Å². The maximum absolute atomic E-state index is 12.1. The molecule has 1 aromatic heterocycles. The van der Waals surface area contributed by atoms with E-state index in [2.05, 4.69) is 10.2 Å². The number of nitrogens with zero attached hydrogens (tertiary/aromatic N) is 3. The second-order valence-corrected chi connectivity index (χ2v) is 6.67. The summed E-state index contributed by atoms with van der Waals surface area (Å²) in [4.78, 5) is 25.2. The molecule has 8 nitrogen and oxygen atoms in total. The summed E-state index contributed by atoms with van der Waals surface area (Å²) in [6, 6.07) is 7.29. The van der Waals surface area contributed by atoms with E-state index in [1.165, 1.54) is 11.8 Å². The van der Waals surface area contributed by atoms with E-state index in [1.54, 1.807) is 20.2 Å². The largest absolute Gasteiger partial charge is 0.485 e. The van der Waals surface area contributed by atoms with Crippen molar-refractivity contribution in [2.75, 3.05) is 20.7 Å². The van der Waals surface area contributed by atoms with Crippen LogP contribution in [0.3, 0.4) is 0 Å². The molecule has 0 saturated carbocycles. The molecule has 3 rings (SSSR count). The van der Waals surface area contributed by atoms with Crippen molar-refractivity contribution in [3.8, 4) is 11.5 Å². The summed E-state index contributed by atoms with van der Waals surface area (Å²) in [6.45, 7) is 1.58. The lowest BCUT2D eigenvalue weighted by molar-refractivity contribution is -0.132. The summed E-state index contributed by atoms with van der Waals surface area (Å²) in [5.74, 6) is 0.867. The molecular weight excluding hydrogens is 346 g/mol. The third kappa shape index (κ3) is 3.76. The molecule has 0 N–H and O–H groups in total. The van der Waals surface area contributed by atoms with Crippen molar-refractivity contribution >= 4 is 23.5 Å². The van der Waals surface area contributed by atoms with E-state index in [1.807, 2.05) is 18.2 Å². The van der Waals surface area contributed by atoms with E-state index in [9.17, 15) is 9.59 Å². The Kier molecular flexibility index (Phi) is 4.93. The van der Waals surface area contributed by atoms with Crippen molar-refractivity contribution in [2.24, 2.45) is 0 Å². The molecule has 0 unspecified atom stereocenters. The summed E-state index contributed by atoms with van der Waals surface area (Å²) < 4.78 is 17.0. The van der Waals surface area contributed by atoms with Crippen LogP contribution in [0.2, 0.25) is 0 Å². The number of hydrogen-bond donors (Lipinski definition) is 0. The molecule has 0 aliphatic carbocycles. The fourth-order valence-corrected chi connectivity index (χ4v) is 3.08. The number of ether oxygens (including phenoxy) is 2. The summed E-state index contributed by atoms with van der Waals surface area (Å²) in [6.07, 6.45) is -0.544. The van der Waals surface area contributed by atoms with E-state index in [0.29, 0.717) is 11.5 Å². The molecular formula is C16H17N3O5S. The first-order chi connectivity index (χ1) is 12.0. The van der Waals surface area contributed by atoms with Gasteiger partial charge in [0.05, 0.1) is 0 Å². The minimum atomic E-state index is -0.924. The van der Waals surface area contributed by atoms with Crippen LogP contribution in [-0.2, 0) is 9.59 Å². The lowest BCUT2D eigenvalue weighted by Gasteiger charge is -2.23. The van der Waals surface area contributed by atoms with E-state index in [-0.39, 0.29) is 29.4 Å². The monoisotopic (exact) mass is 363 g/mol. The first kappa shape index (κ1) is 17.3. The summed E-state index contributed by atoms with van der Waals surface area (Å²) in [5, 5.41) is 7.06. The summed E-state index contributed by atoms with van der Waals surface area (Å²) >= 11 is 0.926. The van der Waals surface area contributed by atoms with E-state index in [4.69, 9.17) is 13.9 Å². The van der Waals surface area contributed by atoms with E-state index >= 15 is 0 Å². The number of Topliss-reactive ketones (excluding diaryl/α,β-unsaturated/α-hetero) is 1. The van der Waals surface area contributed by atoms with Gasteiger partial charge in [0.25, 0.3) is 11.1 Å². The first-order valence-corrected chi connectivity index (χ1v) is 8.44. The van der Waals surface area contributed by atoms with Gasteiger partial charge in [0.2, 0.25) is 12.0 Å². The van der Waals surface area contributed by atoms with Crippen molar-refractivity contribution in [1.29, 1.82) is 0 Å². The van der Waals surface area contributed by atoms with Crippen LogP contribution in [0.25, 0.3) is 0 Å². The van der Waals surface area contributed by atoms with Gasteiger partial charge in [-0.05, 0) is 30.8 Å². The highest BCUT2D eigenvalue weighted by Gasteiger charge is 2.31. The van der Waals surface area contributed by atoms with Crippen molar-refractivity contribution in [2.45, 2.75) is 23.5 Å². The first-order valence-electron chi connectivity index (χ1n) is 7.56. The fourth-order valence-electron chi connectivity index (χ4n) is 2.18. The predicted molar refractivity (Wildman–Crippen MR) is 88.6 cm³/mol. The molecule has 2 aromatic rings. The minimum absolute atomic E-state index is 0.132. The van der Waals surface area contributed by atoms with Gasteiger partial charge in [0, 0.05) is 14.1 Å². The smallest absolute Gasteiger partial charge is 0.277 e. The fraction of sp³-hybridized carbons (Fsp3) is 0.375. The van der Waals surface area contributed by atoms with Gasteiger partial charge in [-0.15, -0.1) is 10.2 Å². The minimum Gasteiger partial charge on any atom is -0.485 e. The summed E-state index contributed by atoms with van der Waals surface area (Å²) in [7, 11) is 3.17. The lowest BCUT2D eigenvalue weighted by Crippen LogP contribution is -2.35. The molecule has 0 saturated heterocycles. The number of amides is 1. The zero-order valence-corrected chi connectivity index (χ0v) is 14.8. The van der Waals surface area contributed by atoms with Crippen LogP contribution in [0.5, 0.6) is 11.5 Å². The zero-order valence-electron chi connectivity index (χ0n) is 14.0. The van der Waals surface area contributed by atoms with Gasteiger partial charge in [0.1, 0.15) is 6.61 Å². The Labute approximate surface area is 148 Å². The maximum atomic E-state index is 12.1. The molecule has 1 aliphatic heterocycles. The molecule has 9 heteroatoms. The van der Waals surface area contributed by atoms with Crippen LogP contribution in [0, 0.1) is 0 Å². The predicted octanol–water partition coefficient (Wildman–Crippen LogP) is 1.72. The Hall–Kier alpha value is -2.55. The van der Waals surface area contributed by atoms with Gasteiger partial charge in [0.15, 0.2) is 22.5 Å². The Balaban J connectivity index is 1.72. The Morgan fingerprint density at radius 2 is 1.96 bits per heavy atom.